The largest absolute Gasteiger partial charge is 0.481 e. The number of alkyl carbamates (subject to hydrolysis) is 1. The number of carboxylic acids is 1. The van der Waals surface area contributed by atoms with Gasteiger partial charge in [0.2, 0.25) is 5.91 Å². The smallest absolute Gasteiger partial charge is 0.407 e. The number of rotatable bonds is 6. The molecule has 10 heteroatoms. The van der Waals surface area contributed by atoms with E-state index in [9.17, 15) is 27.6 Å². The average Bonchev–Trinajstić information content (AvgIpc) is 3.38. The van der Waals surface area contributed by atoms with Crippen molar-refractivity contribution in [3.63, 3.8) is 0 Å². The molecule has 1 saturated heterocycles. The van der Waals surface area contributed by atoms with Crippen molar-refractivity contribution in [2.24, 2.45) is 11.8 Å². The molecule has 2 aliphatic rings. The number of aliphatic carboxylic acids is 1. The fourth-order valence-electron chi connectivity index (χ4n) is 4.87. The fourth-order valence-corrected chi connectivity index (χ4v) is 4.87. The number of carbonyl (C=O) groups excluding carboxylic acids is 2. The van der Waals surface area contributed by atoms with Crippen LogP contribution < -0.4 is 5.32 Å². The van der Waals surface area contributed by atoms with Crippen molar-refractivity contribution < 1.29 is 37.4 Å². The molecule has 0 spiro atoms. The Morgan fingerprint density at radius 2 is 1.63 bits per heavy atom. The van der Waals surface area contributed by atoms with Gasteiger partial charge in [-0.25, -0.2) is 4.79 Å². The Bertz CT molecular complexity index is 1090. The van der Waals surface area contributed by atoms with Crippen molar-refractivity contribution >= 4 is 18.0 Å². The monoisotopic (exact) mass is 490 g/mol. The molecular weight excluding hydrogens is 465 g/mol. The molecule has 1 aliphatic carbocycles. The molecule has 3 atom stereocenters. The van der Waals surface area contributed by atoms with Crippen LogP contribution in [0.2, 0.25) is 0 Å². The highest BCUT2D eigenvalue weighted by Gasteiger charge is 2.53. The molecule has 1 heterocycles. The van der Waals surface area contributed by atoms with E-state index < -0.39 is 55.1 Å². The van der Waals surface area contributed by atoms with Crippen LogP contribution in [-0.4, -0.2) is 59.9 Å². The molecule has 2 N–H and O–H groups in total. The van der Waals surface area contributed by atoms with Gasteiger partial charge in [0.25, 0.3) is 0 Å². The van der Waals surface area contributed by atoms with E-state index >= 15 is 0 Å². The molecular formula is C25H25F3N2O5. The highest BCUT2D eigenvalue weighted by Crippen LogP contribution is 2.44. The summed E-state index contributed by atoms with van der Waals surface area (Å²) in [6, 6.07) is 15.0. The van der Waals surface area contributed by atoms with Crippen molar-refractivity contribution in [1.29, 1.82) is 0 Å². The standard InChI is InChI=1S/C25H25F3N2O5/c1-14(10-22(31)30-11-19(23(32)33)21(12-30)25(26,27)28)29-24(34)35-13-20-17-8-4-2-6-15(17)16-7-3-5-9-18(16)20/h2-9,14,19-21H,10-13H2,1H3,(H,29,34)(H,32,33). The number of halogens is 3. The molecule has 0 bridgehead atoms. The van der Waals surface area contributed by atoms with E-state index in [2.05, 4.69) is 5.32 Å². The normalized spacial score (nSPS) is 20.2. The van der Waals surface area contributed by atoms with Gasteiger partial charge in [-0.1, -0.05) is 48.5 Å². The van der Waals surface area contributed by atoms with Gasteiger partial charge >= 0.3 is 18.2 Å². The van der Waals surface area contributed by atoms with Gasteiger partial charge in [-0.15, -0.1) is 0 Å². The number of fused-ring (bicyclic) bond motifs is 3. The molecule has 2 aromatic carbocycles. The van der Waals surface area contributed by atoms with Gasteiger partial charge in [-0.05, 0) is 29.2 Å². The highest BCUT2D eigenvalue weighted by atomic mass is 19.4. The summed E-state index contributed by atoms with van der Waals surface area (Å²) in [6.07, 6.45) is -5.74. The van der Waals surface area contributed by atoms with Crippen LogP contribution in [0.4, 0.5) is 18.0 Å². The van der Waals surface area contributed by atoms with Crippen molar-refractivity contribution in [3.8, 4) is 11.1 Å². The molecule has 7 nitrogen and oxygen atoms in total. The van der Waals surface area contributed by atoms with Crippen LogP contribution in [0.1, 0.15) is 30.4 Å². The summed E-state index contributed by atoms with van der Waals surface area (Å²) in [5.74, 6) is -6.21. The minimum absolute atomic E-state index is 0.0835. The summed E-state index contributed by atoms with van der Waals surface area (Å²) in [6.45, 7) is 0.387. The second kappa shape index (κ2) is 9.59. The maximum absolute atomic E-state index is 13.2. The molecule has 186 valence electrons. The number of alkyl halides is 3. The Kier molecular flexibility index (Phi) is 6.73. The molecule has 35 heavy (non-hydrogen) atoms. The van der Waals surface area contributed by atoms with Crippen LogP contribution in [0.15, 0.2) is 48.5 Å². The Morgan fingerprint density at radius 3 is 2.14 bits per heavy atom. The molecule has 0 saturated carbocycles. The lowest BCUT2D eigenvalue weighted by molar-refractivity contribution is -0.188. The zero-order valence-corrected chi connectivity index (χ0v) is 18.9. The molecule has 1 aliphatic heterocycles. The first-order valence-electron chi connectivity index (χ1n) is 11.2. The van der Waals surface area contributed by atoms with E-state index in [1.165, 1.54) is 6.92 Å². The fraction of sp³-hybridized carbons (Fsp3) is 0.400. The van der Waals surface area contributed by atoms with Crippen LogP contribution in [0.5, 0.6) is 0 Å². The quantitative estimate of drug-likeness (QED) is 0.638. The number of amides is 2. The summed E-state index contributed by atoms with van der Waals surface area (Å²) >= 11 is 0. The summed E-state index contributed by atoms with van der Waals surface area (Å²) in [5.41, 5.74) is 4.26. The van der Waals surface area contributed by atoms with E-state index in [4.69, 9.17) is 9.84 Å². The number of benzene rings is 2. The van der Waals surface area contributed by atoms with Crippen LogP contribution in [0.3, 0.4) is 0 Å². The zero-order chi connectivity index (χ0) is 25.3. The molecule has 4 rings (SSSR count). The van der Waals surface area contributed by atoms with Crippen LogP contribution in [0, 0.1) is 11.8 Å². The van der Waals surface area contributed by atoms with Crippen LogP contribution in [0.25, 0.3) is 11.1 Å². The number of carbonyl (C=O) groups is 3. The number of hydrogen-bond acceptors (Lipinski definition) is 4. The average molecular weight is 490 g/mol. The minimum Gasteiger partial charge on any atom is -0.481 e. The number of nitrogens with one attached hydrogen (secondary N) is 1. The number of ether oxygens (including phenoxy) is 1. The lowest BCUT2D eigenvalue weighted by atomic mass is 9.96. The summed E-state index contributed by atoms with van der Waals surface area (Å²) in [7, 11) is 0. The summed E-state index contributed by atoms with van der Waals surface area (Å²) < 4.78 is 44.9. The van der Waals surface area contributed by atoms with E-state index in [0.29, 0.717) is 0 Å². The minimum atomic E-state index is -4.72. The third-order valence-electron chi connectivity index (χ3n) is 6.60. The van der Waals surface area contributed by atoms with Gasteiger partial charge in [0, 0.05) is 31.5 Å². The number of likely N-dealkylation sites (tertiary alicyclic amines) is 1. The summed E-state index contributed by atoms with van der Waals surface area (Å²) in [4.78, 5) is 37.0. The molecule has 3 unspecified atom stereocenters. The second-order valence-corrected chi connectivity index (χ2v) is 8.97. The number of nitrogens with zero attached hydrogens (tertiary/aromatic N) is 1. The predicted molar refractivity (Wildman–Crippen MR) is 120 cm³/mol. The maximum Gasteiger partial charge on any atom is 0.407 e. The first-order chi connectivity index (χ1) is 16.6. The zero-order valence-electron chi connectivity index (χ0n) is 18.9. The van der Waals surface area contributed by atoms with Gasteiger partial charge < -0.3 is 20.1 Å². The van der Waals surface area contributed by atoms with Crippen molar-refractivity contribution in [2.45, 2.75) is 31.5 Å². The number of carboxylic acid groups (broad SMARTS) is 1. The van der Waals surface area contributed by atoms with E-state index in [1.54, 1.807) is 0 Å². The van der Waals surface area contributed by atoms with Gasteiger partial charge in [-0.2, -0.15) is 13.2 Å². The van der Waals surface area contributed by atoms with E-state index in [1.807, 2.05) is 48.5 Å². The third kappa shape index (κ3) is 5.11. The Hall–Kier alpha value is -3.56. The number of hydrogen-bond donors (Lipinski definition) is 2. The second-order valence-electron chi connectivity index (χ2n) is 8.97. The van der Waals surface area contributed by atoms with Crippen molar-refractivity contribution in [2.75, 3.05) is 19.7 Å². The molecule has 0 radical (unpaired) electrons. The molecule has 2 aromatic rings. The Labute approximate surface area is 199 Å². The third-order valence-corrected chi connectivity index (χ3v) is 6.60. The van der Waals surface area contributed by atoms with Crippen LogP contribution in [-0.2, 0) is 14.3 Å². The molecule has 2 amide bonds. The molecule has 1 fully saturated rings. The lowest BCUT2D eigenvalue weighted by Crippen LogP contribution is -2.39. The maximum atomic E-state index is 13.2. The first-order valence-corrected chi connectivity index (χ1v) is 11.2. The Balaban J connectivity index is 1.31. The highest BCUT2D eigenvalue weighted by molar-refractivity contribution is 5.81. The Morgan fingerprint density at radius 1 is 1.06 bits per heavy atom. The van der Waals surface area contributed by atoms with Gasteiger partial charge in [0.15, 0.2) is 0 Å². The lowest BCUT2D eigenvalue weighted by Gasteiger charge is -2.21. The molecule has 0 aromatic heterocycles. The summed E-state index contributed by atoms with van der Waals surface area (Å²) in [5, 5.41) is 11.6. The van der Waals surface area contributed by atoms with Gasteiger partial charge in [0.1, 0.15) is 6.61 Å². The SMILES string of the molecule is CC(CC(=O)N1CC(C(=O)O)C(C(F)(F)F)C1)NC(=O)OCC1c2ccccc2-c2ccccc21. The van der Waals surface area contributed by atoms with Crippen LogP contribution >= 0.6 is 0 Å². The van der Waals surface area contributed by atoms with Gasteiger partial charge in [0.05, 0.1) is 11.8 Å². The van der Waals surface area contributed by atoms with Crippen molar-refractivity contribution in [1.82, 2.24) is 10.2 Å². The first kappa shape index (κ1) is 24.6. The predicted octanol–water partition coefficient (Wildman–Crippen LogP) is 4.03. The van der Waals surface area contributed by atoms with Crippen molar-refractivity contribution in [3.05, 3.63) is 59.7 Å². The van der Waals surface area contributed by atoms with Gasteiger partial charge in [-0.3, -0.25) is 9.59 Å². The van der Waals surface area contributed by atoms with E-state index in [0.717, 1.165) is 27.2 Å². The van der Waals surface area contributed by atoms with E-state index in [-0.39, 0.29) is 18.9 Å². The topological polar surface area (TPSA) is 95.9 Å².